The van der Waals surface area contributed by atoms with Crippen molar-refractivity contribution in [3.05, 3.63) is 59.7 Å². The van der Waals surface area contributed by atoms with Crippen LogP contribution in [0.15, 0.2) is 48.5 Å². The summed E-state index contributed by atoms with van der Waals surface area (Å²) in [4.78, 5) is 11.9. The smallest absolute Gasteiger partial charge is 0.251 e. The number of aliphatic hydroxyl groups excluding tert-OH is 1. The molecule has 0 fully saturated rings. The summed E-state index contributed by atoms with van der Waals surface area (Å²) >= 11 is 0. The lowest BCUT2D eigenvalue weighted by Crippen LogP contribution is -2.26. The third-order valence-corrected chi connectivity index (χ3v) is 3.25. The minimum Gasteiger partial charge on any atom is -0.494 e. The third-order valence-electron chi connectivity index (χ3n) is 3.25. The summed E-state index contributed by atoms with van der Waals surface area (Å²) < 4.78 is 5.42. The van der Waals surface area contributed by atoms with E-state index in [9.17, 15) is 4.79 Å². The van der Waals surface area contributed by atoms with Crippen molar-refractivity contribution in [2.24, 2.45) is 0 Å². The average molecular weight is 314 g/mol. The van der Waals surface area contributed by atoms with Crippen LogP contribution in [0.1, 0.15) is 22.8 Å². The highest BCUT2D eigenvalue weighted by Crippen LogP contribution is 2.15. The average Bonchev–Trinajstić information content (AvgIpc) is 2.59. The lowest BCUT2D eigenvalue weighted by molar-refractivity contribution is 0.0945. The summed E-state index contributed by atoms with van der Waals surface area (Å²) in [5.41, 5.74) is 2.56. The molecule has 0 atom stereocenters. The second kappa shape index (κ2) is 8.80. The summed E-state index contributed by atoms with van der Waals surface area (Å²) in [7, 11) is 0. The Morgan fingerprint density at radius 1 is 1.17 bits per heavy atom. The number of aliphatic hydroxyl groups is 1. The molecule has 0 bridgehead atoms. The summed E-state index contributed by atoms with van der Waals surface area (Å²) in [5, 5.41) is 14.7. The van der Waals surface area contributed by atoms with Gasteiger partial charge >= 0.3 is 0 Å². The molecule has 0 saturated heterocycles. The Kier molecular flexibility index (Phi) is 6.44. The highest BCUT2D eigenvalue weighted by Gasteiger charge is 2.05. The number of nitrogens with one attached hydrogen (secondary N) is 2. The topological polar surface area (TPSA) is 70.6 Å². The van der Waals surface area contributed by atoms with Crippen LogP contribution < -0.4 is 15.4 Å². The van der Waals surface area contributed by atoms with Gasteiger partial charge in [0.05, 0.1) is 13.2 Å². The van der Waals surface area contributed by atoms with Crippen molar-refractivity contribution in [1.29, 1.82) is 0 Å². The van der Waals surface area contributed by atoms with Crippen molar-refractivity contribution in [2.75, 3.05) is 25.1 Å². The van der Waals surface area contributed by atoms with Gasteiger partial charge in [0, 0.05) is 24.3 Å². The molecule has 0 radical (unpaired) electrons. The van der Waals surface area contributed by atoms with E-state index in [1.165, 1.54) is 0 Å². The second-order valence-electron chi connectivity index (χ2n) is 4.99. The predicted octanol–water partition coefficient (Wildman–Crippen LogP) is 2.42. The van der Waals surface area contributed by atoms with Gasteiger partial charge in [0.1, 0.15) is 5.75 Å². The Labute approximate surface area is 136 Å². The lowest BCUT2D eigenvalue weighted by Gasteiger charge is -2.09. The van der Waals surface area contributed by atoms with Gasteiger partial charge in [-0.3, -0.25) is 4.79 Å². The van der Waals surface area contributed by atoms with Crippen molar-refractivity contribution >= 4 is 11.6 Å². The molecule has 0 aromatic heterocycles. The fourth-order valence-electron chi connectivity index (χ4n) is 2.12. The molecule has 122 valence electrons. The summed E-state index contributed by atoms with van der Waals surface area (Å²) in [6.07, 6.45) is 0. The van der Waals surface area contributed by atoms with Crippen LogP contribution in [-0.4, -0.2) is 30.8 Å². The molecule has 1 amide bonds. The van der Waals surface area contributed by atoms with Crippen molar-refractivity contribution in [1.82, 2.24) is 5.32 Å². The summed E-state index contributed by atoms with van der Waals surface area (Å²) in [5.74, 6) is 0.669. The molecule has 0 aliphatic rings. The first-order chi connectivity index (χ1) is 11.2. The number of carbonyl (C=O) groups excluding carboxylic acids is 1. The number of rotatable bonds is 8. The maximum atomic E-state index is 11.9. The van der Waals surface area contributed by atoms with Crippen LogP contribution in [0.3, 0.4) is 0 Å². The molecule has 2 aromatic carbocycles. The van der Waals surface area contributed by atoms with Crippen LogP contribution in [0.4, 0.5) is 5.69 Å². The number of ether oxygens (including phenoxy) is 1. The molecule has 0 saturated carbocycles. The van der Waals surface area contributed by atoms with Crippen LogP contribution in [0, 0.1) is 0 Å². The van der Waals surface area contributed by atoms with Gasteiger partial charge in [-0.1, -0.05) is 18.2 Å². The molecule has 23 heavy (non-hydrogen) atoms. The Balaban J connectivity index is 1.93. The fraction of sp³-hybridized carbons (Fsp3) is 0.278. The van der Waals surface area contributed by atoms with Crippen molar-refractivity contribution < 1.29 is 14.6 Å². The maximum Gasteiger partial charge on any atom is 0.251 e. The van der Waals surface area contributed by atoms with E-state index in [-0.39, 0.29) is 19.1 Å². The van der Waals surface area contributed by atoms with Crippen LogP contribution in [0.25, 0.3) is 0 Å². The van der Waals surface area contributed by atoms with Crippen LogP contribution in [-0.2, 0) is 6.54 Å². The molecule has 0 spiro atoms. The number of anilines is 1. The summed E-state index contributed by atoms with van der Waals surface area (Å²) in [6.45, 7) is 3.46. The second-order valence-corrected chi connectivity index (χ2v) is 4.99. The Hall–Kier alpha value is -2.53. The van der Waals surface area contributed by atoms with Gasteiger partial charge in [0.2, 0.25) is 0 Å². The van der Waals surface area contributed by atoms with E-state index < -0.39 is 0 Å². The number of carbonyl (C=O) groups is 1. The van der Waals surface area contributed by atoms with Crippen LogP contribution in [0.5, 0.6) is 5.75 Å². The molecule has 0 aliphatic heterocycles. The normalized spacial score (nSPS) is 10.2. The molecular weight excluding hydrogens is 292 g/mol. The van der Waals surface area contributed by atoms with Crippen molar-refractivity contribution in [3.63, 3.8) is 0 Å². The predicted molar refractivity (Wildman–Crippen MR) is 90.8 cm³/mol. The molecule has 2 aromatic rings. The van der Waals surface area contributed by atoms with Gasteiger partial charge in [0.25, 0.3) is 5.91 Å². The molecule has 3 N–H and O–H groups in total. The Morgan fingerprint density at radius 3 is 2.65 bits per heavy atom. The van der Waals surface area contributed by atoms with E-state index in [2.05, 4.69) is 10.6 Å². The van der Waals surface area contributed by atoms with Gasteiger partial charge in [-0.2, -0.15) is 0 Å². The zero-order valence-corrected chi connectivity index (χ0v) is 13.2. The lowest BCUT2D eigenvalue weighted by atomic mass is 10.1. The van der Waals surface area contributed by atoms with E-state index in [4.69, 9.17) is 9.84 Å². The Bertz CT molecular complexity index is 626. The number of hydrogen-bond acceptors (Lipinski definition) is 4. The molecular formula is C18H22N2O3. The minimum absolute atomic E-state index is 0.0680. The molecule has 0 aliphatic carbocycles. The third kappa shape index (κ3) is 5.30. The quantitative estimate of drug-likeness (QED) is 0.700. The van der Waals surface area contributed by atoms with Gasteiger partial charge in [-0.25, -0.2) is 0 Å². The highest BCUT2D eigenvalue weighted by molar-refractivity contribution is 5.95. The first-order valence-electron chi connectivity index (χ1n) is 7.67. The van der Waals surface area contributed by atoms with E-state index >= 15 is 0 Å². The first-order valence-corrected chi connectivity index (χ1v) is 7.67. The number of amides is 1. The van der Waals surface area contributed by atoms with Gasteiger partial charge in [-0.15, -0.1) is 0 Å². The zero-order valence-electron chi connectivity index (χ0n) is 13.2. The largest absolute Gasteiger partial charge is 0.494 e. The van der Waals surface area contributed by atoms with E-state index in [0.717, 1.165) is 17.0 Å². The molecule has 2 rings (SSSR count). The van der Waals surface area contributed by atoms with Gasteiger partial charge in [0.15, 0.2) is 0 Å². The van der Waals surface area contributed by atoms with Crippen molar-refractivity contribution in [2.45, 2.75) is 13.5 Å². The first kappa shape index (κ1) is 16.8. The highest BCUT2D eigenvalue weighted by atomic mass is 16.5. The molecule has 0 unspecified atom stereocenters. The van der Waals surface area contributed by atoms with Crippen LogP contribution in [0.2, 0.25) is 0 Å². The van der Waals surface area contributed by atoms with E-state index in [1.807, 2.05) is 43.3 Å². The van der Waals surface area contributed by atoms with Gasteiger partial charge in [-0.05, 0) is 42.8 Å². The maximum absolute atomic E-state index is 11.9. The fourth-order valence-corrected chi connectivity index (χ4v) is 2.12. The molecule has 5 nitrogen and oxygen atoms in total. The SMILES string of the molecule is CCOc1ccc(CNc2cccc(C(=O)NCCO)c2)cc1. The zero-order chi connectivity index (χ0) is 16.5. The molecule has 5 heteroatoms. The molecule has 0 heterocycles. The Morgan fingerprint density at radius 2 is 1.96 bits per heavy atom. The number of benzene rings is 2. The van der Waals surface area contributed by atoms with Crippen molar-refractivity contribution in [3.8, 4) is 5.75 Å². The number of hydrogen-bond donors (Lipinski definition) is 3. The summed E-state index contributed by atoms with van der Waals surface area (Å²) in [6, 6.07) is 15.2. The van der Waals surface area contributed by atoms with Crippen LogP contribution >= 0.6 is 0 Å². The van der Waals surface area contributed by atoms with E-state index in [1.54, 1.807) is 12.1 Å². The van der Waals surface area contributed by atoms with E-state index in [0.29, 0.717) is 18.7 Å². The van der Waals surface area contributed by atoms with Gasteiger partial charge < -0.3 is 20.5 Å². The standard InChI is InChI=1S/C18H22N2O3/c1-2-23-17-8-6-14(7-9-17)13-20-16-5-3-4-15(12-16)18(22)19-10-11-21/h3-9,12,20-21H,2,10-11,13H2,1H3,(H,19,22). The monoisotopic (exact) mass is 314 g/mol. The minimum atomic E-state index is -0.191.